The minimum absolute atomic E-state index is 0.381. The van der Waals surface area contributed by atoms with Gasteiger partial charge in [0, 0.05) is 10.0 Å². The average Bonchev–Trinajstić information content (AvgIpc) is 2.00. The maximum Gasteiger partial charge on any atom is 0.249 e. The molecule has 12 heavy (non-hydrogen) atoms. The Morgan fingerprint density at radius 1 is 1.42 bits per heavy atom. The third-order valence-electron chi connectivity index (χ3n) is 1.84. The van der Waals surface area contributed by atoms with Crippen LogP contribution in [0, 0.1) is 13.8 Å². The van der Waals surface area contributed by atoms with Crippen LogP contribution in [0.25, 0.3) is 0 Å². The van der Waals surface area contributed by atoms with Gasteiger partial charge in [-0.1, -0.05) is 22.0 Å². The molecule has 0 aromatic heterocycles. The molecule has 0 atom stereocenters. The maximum atomic E-state index is 10.9. The van der Waals surface area contributed by atoms with Crippen LogP contribution in [0.4, 0.5) is 0 Å². The highest BCUT2D eigenvalue weighted by atomic mass is 79.9. The summed E-state index contributed by atoms with van der Waals surface area (Å²) < 4.78 is 0.957. The SMILES string of the molecule is Cc1ccc(C(N)=O)c(C)c1Br. The van der Waals surface area contributed by atoms with Crippen LogP contribution in [0.15, 0.2) is 16.6 Å². The molecule has 0 saturated heterocycles. The van der Waals surface area contributed by atoms with E-state index in [1.807, 2.05) is 19.9 Å². The third kappa shape index (κ3) is 1.50. The van der Waals surface area contributed by atoms with Crippen molar-refractivity contribution >= 4 is 21.8 Å². The summed E-state index contributed by atoms with van der Waals surface area (Å²) >= 11 is 3.39. The summed E-state index contributed by atoms with van der Waals surface area (Å²) in [5.74, 6) is -0.381. The van der Waals surface area contributed by atoms with Gasteiger partial charge in [-0.15, -0.1) is 0 Å². The molecule has 1 rings (SSSR count). The first kappa shape index (κ1) is 9.26. The second kappa shape index (κ2) is 3.27. The number of hydrogen-bond acceptors (Lipinski definition) is 1. The number of carbonyl (C=O) groups is 1. The number of rotatable bonds is 1. The van der Waals surface area contributed by atoms with E-state index >= 15 is 0 Å². The molecule has 0 spiro atoms. The quantitative estimate of drug-likeness (QED) is 0.786. The molecule has 0 aliphatic heterocycles. The minimum atomic E-state index is -0.381. The van der Waals surface area contributed by atoms with Gasteiger partial charge in [-0.05, 0) is 31.0 Å². The molecule has 64 valence electrons. The van der Waals surface area contributed by atoms with Crippen molar-refractivity contribution in [3.8, 4) is 0 Å². The monoisotopic (exact) mass is 227 g/mol. The fourth-order valence-electron chi connectivity index (χ4n) is 1.09. The molecule has 0 heterocycles. The molecule has 0 aliphatic carbocycles. The van der Waals surface area contributed by atoms with Gasteiger partial charge in [0.25, 0.3) is 0 Å². The van der Waals surface area contributed by atoms with E-state index in [1.165, 1.54) is 0 Å². The number of amides is 1. The first-order valence-corrected chi connectivity index (χ1v) is 4.39. The zero-order chi connectivity index (χ0) is 9.30. The van der Waals surface area contributed by atoms with E-state index < -0.39 is 0 Å². The maximum absolute atomic E-state index is 10.9. The molecule has 0 aliphatic rings. The van der Waals surface area contributed by atoms with Crippen LogP contribution in [0.3, 0.4) is 0 Å². The van der Waals surface area contributed by atoms with Gasteiger partial charge in [0.15, 0.2) is 0 Å². The Hall–Kier alpha value is -0.830. The van der Waals surface area contributed by atoms with Gasteiger partial charge in [0.1, 0.15) is 0 Å². The molecule has 0 unspecified atom stereocenters. The lowest BCUT2D eigenvalue weighted by atomic mass is 10.1. The summed E-state index contributed by atoms with van der Waals surface area (Å²) in [5.41, 5.74) is 7.76. The van der Waals surface area contributed by atoms with Crippen molar-refractivity contribution in [3.05, 3.63) is 33.3 Å². The summed E-state index contributed by atoms with van der Waals surface area (Å²) in [6.45, 7) is 3.85. The van der Waals surface area contributed by atoms with Crippen molar-refractivity contribution in [3.63, 3.8) is 0 Å². The topological polar surface area (TPSA) is 43.1 Å². The predicted molar refractivity (Wildman–Crippen MR) is 52.1 cm³/mol. The van der Waals surface area contributed by atoms with E-state index in [1.54, 1.807) is 6.07 Å². The third-order valence-corrected chi connectivity index (χ3v) is 3.07. The summed E-state index contributed by atoms with van der Waals surface area (Å²) in [4.78, 5) is 10.9. The highest BCUT2D eigenvalue weighted by molar-refractivity contribution is 9.10. The van der Waals surface area contributed by atoms with Crippen molar-refractivity contribution in [2.75, 3.05) is 0 Å². The number of nitrogens with two attached hydrogens (primary N) is 1. The minimum Gasteiger partial charge on any atom is -0.366 e. The fourth-order valence-corrected chi connectivity index (χ4v) is 1.43. The smallest absolute Gasteiger partial charge is 0.249 e. The average molecular weight is 228 g/mol. The number of aryl methyl sites for hydroxylation is 1. The zero-order valence-electron chi connectivity index (χ0n) is 7.02. The molecule has 1 aromatic carbocycles. The number of halogens is 1. The Morgan fingerprint density at radius 3 is 2.50 bits per heavy atom. The van der Waals surface area contributed by atoms with Gasteiger partial charge in [-0.3, -0.25) is 4.79 Å². The summed E-state index contributed by atoms with van der Waals surface area (Å²) in [6, 6.07) is 3.62. The lowest BCUT2D eigenvalue weighted by Gasteiger charge is -2.06. The van der Waals surface area contributed by atoms with Crippen LogP contribution in [0.5, 0.6) is 0 Å². The lowest BCUT2D eigenvalue weighted by molar-refractivity contribution is 0.0999. The second-order valence-corrected chi connectivity index (χ2v) is 3.53. The van der Waals surface area contributed by atoms with Crippen molar-refractivity contribution in [1.82, 2.24) is 0 Å². The summed E-state index contributed by atoms with van der Waals surface area (Å²) in [7, 11) is 0. The van der Waals surface area contributed by atoms with Gasteiger partial charge >= 0.3 is 0 Å². The normalized spacial score (nSPS) is 9.92. The van der Waals surface area contributed by atoms with Crippen LogP contribution in [-0.2, 0) is 0 Å². The number of benzene rings is 1. The number of hydrogen-bond donors (Lipinski definition) is 1. The summed E-state index contributed by atoms with van der Waals surface area (Å²) in [6.07, 6.45) is 0. The predicted octanol–water partition coefficient (Wildman–Crippen LogP) is 2.16. The first-order chi connectivity index (χ1) is 5.54. The molecule has 2 N–H and O–H groups in total. The Kier molecular flexibility index (Phi) is 2.52. The van der Waals surface area contributed by atoms with E-state index in [2.05, 4.69) is 15.9 Å². The zero-order valence-corrected chi connectivity index (χ0v) is 8.60. The molecule has 0 radical (unpaired) electrons. The molecular weight excluding hydrogens is 218 g/mol. The Labute approximate surface area is 79.9 Å². The van der Waals surface area contributed by atoms with E-state index in [9.17, 15) is 4.79 Å². The highest BCUT2D eigenvalue weighted by Crippen LogP contribution is 2.23. The molecule has 0 fully saturated rings. The van der Waals surface area contributed by atoms with E-state index in [0.717, 1.165) is 15.6 Å². The number of primary amides is 1. The molecule has 3 heteroatoms. The largest absolute Gasteiger partial charge is 0.366 e. The van der Waals surface area contributed by atoms with Crippen LogP contribution < -0.4 is 5.73 Å². The standard InChI is InChI=1S/C9H10BrNO/c1-5-3-4-7(9(11)12)6(2)8(5)10/h3-4H,1-2H3,(H2,11,12). The van der Waals surface area contributed by atoms with E-state index in [0.29, 0.717) is 5.56 Å². The fraction of sp³-hybridized carbons (Fsp3) is 0.222. The van der Waals surface area contributed by atoms with Gasteiger partial charge in [0.05, 0.1) is 0 Å². The van der Waals surface area contributed by atoms with Gasteiger partial charge in [-0.2, -0.15) is 0 Å². The number of carbonyl (C=O) groups excluding carboxylic acids is 1. The van der Waals surface area contributed by atoms with Gasteiger partial charge < -0.3 is 5.73 Å². The Morgan fingerprint density at radius 2 is 2.00 bits per heavy atom. The van der Waals surface area contributed by atoms with Crippen LogP contribution in [-0.4, -0.2) is 5.91 Å². The van der Waals surface area contributed by atoms with Gasteiger partial charge in [-0.25, -0.2) is 0 Å². The molecule has 0 bridgehead atoms. The van der Waals surface area contributed by atoms with Crippen molar-refractivity contribution in [2.24, 2.45) is 5.73 Å². The first-order valence-electron chi connectivity index (χ1n) is 3.59. The lowest BCUT2D eigenvalue weighted by Crippen LogP contribution is -2.12. The van der Waals surface area contributed by atoms with Crippen LogP contribution >= 0.6 is 15.9 Å². The molecule has 1 aromatic rings. The van der Waals surface area contributed by atoms with Crippen molar-refractivity contribution in [2.45, 2.75) is 13.8 Å². The van der Waals surface area contributed by atoms with Crippen molar-refractivity contribution in [1.29, 1.82) is 0 Å². The van der Waals surface area contributed by atoms with Gasteiger partial charge in [0.2, 0.25) is 5.91 Å². The highest BCUT2D eigenvalue weighted by Gasteiger charge is 2.08. The Bertz CT molecular complexity index is 334. The van der Waals surface area contributed by atoms with Crippen LogP contribution in [0.1, 0.15) is 21.5 Å². The van der Waals surface area contributed by atoms with E-state index in [-0.39, 0.29) is 5.91 Å². The second-order valence-electron chi connectivity index (χ2n) is 2.73. The molecule has 2 nitrogen and oxygen atoms in total. The molecule has 0 saturated carbocycles. The Balaban J connectivity index is 3.36. The summed E-state index contributed by atoms with van der Waals surface area (Å²) in [5, 5.41) is 0. The molecular formula is C9H10BrNO. The van der Waals surface area contributed by atoms with Crippen LogP contribution in [0.2, 0.25) is 0 Å². The van der Waals surface area contributed by atoms with Crippen molar-refractivity contribution < 1.29 is 4.79 Å². The van der Waals surface area contributed by atoms with E-state index in [4.69, 9.17) is 5.73 Å². The molecule has 1 amide bonds.